The number of hydrogen-bond donors (Lipinski definition) is 1. The fourth-order valence-corrected chi connectivity index (χ4v) is 1.88. The van der Waals surface area contributed by atoms with Crippen molar-refractivity contribution in [1.82, 2.24) is 0 Å². The minimum Gasteiger partial charge on any atom is -0.394 e. The number of halogens is 1. The smallest absolute Gasteiger partial charge is 0.129 e. The third-order valence-electron chi connectivity index (χ3n) is 2.48. The monoisotopic (exact) mass is 279 g/mol. The Kier molecular flexibility index (Phi) is 7.64. The molecule has 0 spiro atoms. The molecule has 102 valence electrons. The topological polar surface area (TPSA) is 71.4 Å². The van der Waals surface area contributed by atoms with Gasteiger partial charge in [-0.15, -0.1) is 11.6 Å². The van der Waals surface area contributed by atoms with Crippen LogP contribution >= 0.6 is 11.6 Å². The van der Waals surface area contributed by atoms with Crippen LogP contribution in [0.4, 0.5) is 0 Å². The van der Waals surface area contributed by atoms with Crippen molar-refractivity contribution < 1.29 is 4.84 Å². The van der Waals surface area contributed by atoms with E-state index in [1.54, 1.807) is 0 Å². The van der Waals surface area contributed by atoms with Gasteiger partial charge in [-0.25, -0.2) is 0 Å². The van der Waals surface area contributed by atoms with Crippen LogP contribution < -0.4 is 5.73 Å². The molecule has 0 heterocycles. The molecule has 0 radical (unpaired) electrons. The van der Waals surface area contributed by atoms with Crippen LogP contribution in [0.1, 0.15) is 24.8 Å². The van der Waals surface area contributed by atoms with Crippen molar-refractivity contribution in [3.05, 3.63) is 35.9 Å². The molecule has 0 aliphatic rings. The number of rotatable bonds is 8. The van der Waals surface area contributed by atoms with Gasteiger partial charge in [0, 0.05) is 18.5 Å². The number of alkyl halides is 1. The molecule has 19 heavy (non-hydrogen) atoms. The molecule has 1 atom stereocenters. The second-order valence-electron chi connectivity index (χ2n) is 3.98. The van der Waals surface area contributed by atoms with E-state index in [9.17, 15) is 0 Å². The molecular weight excluding hydrogens is 262 g/mol. The predicted octanol–water partition coefficient (Wildman–Crippen LogP) is 2.67. The van der Waals surface area contributed by atoms with E-state index in [0.717, 1.165) is 12.0 Å². The van der Waals surface area contributed by atoms with Crippen LogP contribution in [-0.4, -0.2) is 24.2 Å². The lowest BCUT2D eigenvalue weighted by molar-refractivity contribution is 0.152. The molecule has 1 aromatic carbocycles. The van der Waals surface area contributed by atoms with Crippen molar-refractivity contribution in [2.24, 2.45) is 10.9 Å². The van der Waals surface area contributed by atoms with E-state index in [2.05, 4.69) is 11.2 Å². The van der Waals surface area contributed by atoms with Gasteiger partial charge in [0.25, 0.3) is 0 Å². The van der Waals surface area contributed by atoms with E-state index in [0.29, 0.717) is 31.7 Å². The summed E-state index contributed by atoms with van der Waals surface area (Å²) in [4.78, 5) is 5.14. The Labute approximate surface area is 118 Å². The van der Waals surface area contributed by atoms with Crippen molar-refractivity contribution in [2.75, 3.05) is 13.2 Å². The number of nitriles is 1. The number of nitrogens with two attached hydrogens (primary N) is 1. The maximum atomic E-state index is 8.55. The van der Waals surface area contributed by atoms with Crippen LogP contribution in [0.15, 0.2) is 35.5 Å². The zero-order chi connectivity index (χ0) is 13.9. The summed E-state index contributed by atoms with van der Waals surface area (Å²) in [5, 5.41) is 12.4. The first-order chi connectivity index (χ1) is 9.29. The van der Waals surface area contributed by atoms with E-state index in [4.69, 9.17) is 27.4 Å². The zero-order valence-corrected chi connectivity index (χ0v) is 11.5. The minimum absolute atomic E-state index is 0.270. The van der Waals surface area contributed by atoms with Crippen LogP contribution in [0.3, 0.4) is 0 Å². The van der Waals surface area contributed by atoms with Crippen LogP contribution in [0, 0.1) is 11.3 Å². The van der Waals surface area contributed by atoms with Crippen LogP contribution in [0.5, 0.6) is 0 Å². The van der Waals surface area contributed by atoms with Crippen molar-refractivity contribution >= 4 is 17.3 Å². The molecule has 0 saturated carbocycles. The number of nitrogens with zero attached hydrogens (tertiary/aromatic N) is 2. The number of benzene rings is 1. The molecule has 0 saturated heterocycles. The first-order valence-corrected chi connectivity index (χ1v) is 6.69. The maximum Gasteiger partial charge on any atom is 0.129 e. The summed E-state index contributed by atoms with van der Waals surface area (Å²) in [6.45, 7) is 0.769. The van der Waals surface area contributed by atoms with E-state index in [1.165, 1.54) is 0 Å². The molecule has 5 heteroatoms. The van der Waals surface area contributed by atoms with Gasteiger partial charge in [0.05, 0.1) is 11.4 Å². The molecule has 0 amide bonds. The summed E-state index contributed by atoms with van der Waals surface area (Å²) >= 11 is 6.34. The van der Waals surface area contributed by atoms with Crippen molar-refractivity contribution in [1.29, 1.82) is 5.26 Å². The van der Waals surface area contributed by atoms with Crippen molar-refractivity contribution in [3.8, 4) is 6.07 Å². The Bertz CT molecular complexity index is 428. The summed E-state index contributed by atoms with van der Waals surface area (Å²) in [6, 6.07) is 11.8. The Morgan fingerprint density at radius 1 is 1.42 bits per heavy atom. The molecular formula is C14H18ClN3O. The zero-order valence-electron chi connectivity index (χ0n) is 10.8. The molecule has 0 aliphatic carbocycles. The average molecular weight is 280 g/mol. The summed E-state index contributed by atoms with van der Waals surface area (Å²) in [7, 11) is 0. The summed E-state index contributed by atoms with van der Waals surface area (Å²) < 4.78 is 0. The lowest BCUT2D eigenvalue weighted by Crippen LogP contribution is -2.17. The van der Waals surface area contributed by atoms with Gasteiger partial charge in [-0.05, 0) is 12.8 Å². The Morgan fingerprint density at radius 3 is 2.79 bits per heavy atom. The Balaban J connectivity index is 2.75. The van der Waals surface area contributed by atoms with Crippen molar-refractivity contribution in [2.45, 2.75) is 24.6 Å². The van der Waals surface area contributed by atoms with Gasteiger partial charge in [-0.1, -0.05) is 35.5 Å². The maximum absolute atomic E-state index is 8.55. The number of hydrogen-bond acceptors (Lipinski definition) is 4. The number of unbranched alkanes of at least 4 members (excludes halogenated alkanes) is 1. The molecule has 1 unspecified atom stereocenters. The fourth-order valence-electron chi connectivity index (χ4n) is 1.56. The fraction of sp³-hybridized carbons (Fsp3) is 0.429. The van der Waals surface area contributed by atoms with Gasteiger partial charge in [-0.3, -0.25) is 0 Å². The van der Waals surface area contributed by atoms with E-state index in [1.807, 2.05) is 30.3 Å². The van der Waals surface area contributed by atoms with E-state index < -0.39 is 0 Å². The molecule has 1 rings (SSSR count). The standard InChI is InChI=1S/C14H18ClN3O/c15-13(8-4-5-9-16)14(18-19-11-10-17)12-6-2-1-3-7-12/h1-3,6-7,13H,4-5,8,10-11,17H2. The van der Waals surface area contributed by atoms with Gasteiger partial charge in [0.1, 0.15) is 12.3 Å². The van der Waals surface area contributed by atoms with Gasteiger partial charge >= 0.3 is 0 Å². The highest BCUT2D eigenvalue weighted by Gasteiger charge is 2.15. The van der Waals surface area contributed by atoms with Crippen LogP contribution in [-0.2, 0) is 4.84 Å². The SMILES string of the molecule is N#CCCCC(Cl)C(=NOCCN)c1ccccc1. The highest BCUT2D eigenvalue weighted by atomic mass is 35.5. The van der Waals surface area contributed by atoms with E-state index in [-0.39, 0.29) is 5.38 Å². The van der Waals surface area contributed by atoms with Gasteiger partial charge < -0.3 is 10.6 Å². The lowest BCUT2D eigenvalue weighted by atomic mass is 10.0. The molecule has 2 N–H and O–H groups in total. The molecule has 0 fully saturated rings. The average Bonchev–Trinajstić information content (AvgIpc) is 2.45. The first-order valence-electron chi connectivity index (χ1n) is 6.26. The Morgan fingerprint density at radius 2 is 2.16 bits per heavy atom. The molecule has 1 aromatic rings. The largest absolute Gasteiger partial charge is 0.394 e. The second kappa shape index (κ2) is 9.37. The third-order valence-corrected chi connectivity index (χ3v) is 2.91. The second-order valence-corrected chi connectivity index (χ2v) is 4.51. The summed E-state index contributed by atoms with van der Waals surface area (Å²) in [5.41, 5.74) is 6.98. The summed E-state index contributed by atoms with van der Waals surface area (Å²) in [6.07, 6.45) is 1.93. The lowest BCUT2D eigenvalue weighted by Gasteiger charge is -2.12. The minimum atomic E-state index is -0.270. The molecule has 0 aromatic heterocycles. The predicted molar refractivity (Wildman–Crippen MR) is 77.1 cm³/mol. The molecule has 0 aliphatic heterocycles. The first kappa shape index (κ1) is 15.5. The highest BCUT2D eigenvalue weighted by molar-refractivity contribution is 6.35. The number of oxime groups is 1. The van der Waals surface area contributed by atoms with Gasteiger partial charge in [0.2, 0.25) is 0 Å². The van der Waals surface area contributed by atoms with Gasteiger partial charge in [-0.2, -0.15) is 5.26 Å². The van der Waals surface area contributed by atoms with Crippen LogP contribution in [0.25, 0.3) is 0 Å². The third kappa shape index (κ3) is 5.73. The van der Waals surface area contributed by atoms with Gasteiger partial charge in [0.15, 0.2) is 0 Å². The van der Waals surface area contributed by atoms with E-state index >= 15 is 0 Å². The summed E-state index contributed by atoms with van der Waals surface area (Å²) in [5.74, 6) is 0. The highest BCUT2D eigenvalue weighted by Crippen LogP contribution is 2.16. The molecule has 4 nitrogen and oxygen atoms in total. The normalized spacial score (nSPS) is 12.8. The van der Waals surface area contributed by atoms with Crippen molar-refractivity contribution in [3.63, 3.8) is 0 Å². The Hall–Kier alpha value is -1.57. The molecule has 0 bridgehead atoms. The van der Waals surface area contributed by atoms with Crippen LogP contribution in [0.2, 0.25) is 0 Å². The quantitative estimate of drug-likeness (QED) is 0.344.